The Balaban J connectivity index is 2.13. The van der Waals surface area contributed by atoms with Crippen LogP contribution in [0.3, 0.4) is 0 Å². The van der Waals surface area contributed by atoms with Gasteiger partial charge in [-0.3, -0.25) is 0 Å². The van der Waals surface area contributed by atoms with Gasteiger partial charge in [-0.2, -0.15) is 0 Å². The third kappa shape index (κ3) is 2.67. The molecule has 1 aliphatic heterocycles. The van der Waals surface area contributed by atoms with Crippen molar-refractivity contribution >= 4 is 33.3 Å². The van der Waals surface area contributed by atoms with Crippen molar-refractivity contribution in [3.05, 3.63) is 22.3 Å². The Kier molecular flexibility index (Phi) is 4.05. The van der Waals surface area contributed by atoms with E-state index in [9.17, 15) is 0 Å². The van der Waals surface area contributed by atoms with Crippen LogP contribution >= 0.6 is 27.5 Å². The highest BCUT2D eigenvalue weighted by atomic mass is 79.9. The minimum Gasteiger partial charge on any atom is -0.373 e. The first-order valence-corrected chi connectivity index (χ1v) is 6.58. The number of morpholine rings is 1. The van der Waals surface area contributed by atoms with Crippen LogP contribution in [0.25, 0.3) is 0 Å². The molecule has 0 radical (unpaired) electrons. The Morgan fingerprint density at radius 1 is 1.69 bits per heavy atom. The fourth-order valence-electron chi connectivity index (χ4n) is 1.72. The summed E-state index contributed by atoms with van der Waals surface area (Å²) in [5, 5.41) is 0. The van der Waals surface area contributed by atoms with E-state index in [0.29, 0.717) is 12.5 Å². The number of hydrogen-bond acceptors (Lipinski definition) is 3. The molecule has 0 saturated carbocycles. The highest BCUT2D eigenvalue weighted by Gasteiger charge is 2.20. The Hall–Kier alpha value is -0.320. The molecule has 1 aromatic heterocycles. The Labute approximate surface area is 109 Å². The lowest BCUT2D eigenvalue weighted by Crippen LogP contribution is -2.43. The van der Waals surface area contributed by atoms with Crippen LogP contribution in [0.4, 0.5) is 5.82 Å². The maximum absolute atomic E-state index is 5.81. The molecule has 88 valence electrons. The van der Waals surface area contributed by atoms with Crippen LogP contribution in [-0.4, -0.2) is 36.7 Å². The predicted octanol–water partition coefficient (Wildman–Crippen LogP) is 2.60. The van der Waals surface area contributed by atoms with Gasteiger partial charge in [0.15, 0.2) is 0 Å². The fraction of sp³-hybridized carbons (Fsp3) is 0.545. The SMILES string of the molecule is Cc1cc(N2CCOC(CCl)C2)ncc1Br. The van der Waals surface area contributed by atoms with E-state index in [1.165, 1.54) is 5.56 Å². The van der Waals surface area contributed by atoms with E-state index in [2.05, 4.69) is 38.8 Å². The number of aryl methyl sites for hydroxylation is 1. The smallest absolute Gasteiger partial charge is 0.128 e. The lowest BCUT2D eigenvalue weighted by Gasteiger charge is -2.33. The molecule has 1 saturated heterocycles. The van der Waals surface area contributed by atoms with Gasteiger partial charge in [-0.05, 0) is 34.5 Å². The van der Waals surface area contributed by atoms with E-state index in [-0.39, 0.29) is 6.10 Å². The number of pyridine rings is 1. The summed E-state index contributed by atoms with van der Waals surface area (Å²) in [7, 11) is 0. The van der Waals surface area contributed by atoms with Gasteiger partial charge in [0.1, 0.15) is 5.82 Å². The second-order valence-corrected chi connectivity index (χ2v) is 5.05. The van der Waals surface area contributed by atoms with Gasteiger partial charge in [-0.1, -0.05) is 0 Å². The van der Waals surface area contributed by atoms with E-state index in [0.717, 1.165) is 23.4 Å². The van der Waals surface area contributed by atoms with E-state index in [4.69, 9.17) is 16.3 Å². The lowest BCUT2D eigenvalue weighted by atomic mass is 10.2. The summed E-state index contributed by atoms with van der Waals surface area (Å²) in [6.45, 7) is 4.47. The molecule has 1 aromatic rings. The zero-order valence-corrected chi connectivity index (χ0v) is 11.5. The Morgan fingerprint density at radius 2 is 2.50 bits per heavy atom. The summed E-state index contributed by atoms with van der Waals surface area (Å²) in [6, 6.07) is 2.08. The molecular weight excluding hydrogens is 291 g/mol. The third-order valence-electron chi connectivity index (χ3n) is 2.67. The van der Waals surface area contributed by atoms with Crippen LogP contribution in [-0.2, 0) is 4.74 Å². The zero-order chi connectivity index (χ0) is 11.5. The van der Waals surface area contributed by atoms with Crippen molar-refractivity contribution in [3.8, 4) is 0 Å². The van der Waals surface area contributed by atoms with E-state index < -0.39 is 0 Å². The summed E-state index contributed by atoms with van der Waals surface area (Å²) >= 11 is 9.26. The van der Waals surface area contributed by atoms with Crippen molar-refractivity contribution < 1.29 is 4.74 Å². The number of nitrogens with zero attached hydrogens (tertiary/aromatic N) is 2. The highest BCUT2D eigenvalue weighted by Crippen LogP contribution is 2.21. The zero-order valence-electron chi connectivity index (χ0n) is 9.12. The molecule has 5 heteroatoms. The second kappa shape index (κ2) is 5.34. The monoisotopic (exact) mass is 304 g/mol. The van der Waals surface area contributed by atoms with Crippen LogP contribution < -0.4 is 4.90 Å². The van der Waals surface area contributed by atoms with E-state index in [1.807, 2.05) is 6.20 Å². The summed E-state index contributed by atoms with van der Waals surface area (Å²) < 4.78 is 6.56. The number of anilines is 1. The molecule has 0 N–H and O–H groups in total. The van der Waals surface area contributed by atoms with Gasteiger partial charge in [-0.25, -0.2) is 4.98 Å². The third-order valence-corrected chi connectivity index (χ3v) is 3.84. The van der Waals surface area contributed by atoms with Crippen molar-refractivity contribution in [1.82, 2.24) is 4.98 Å². The summed E-state index contributed by atoms with van der Waals surface area (Å²) in [6.07, 6.45) is 1.96. The second-order valence-electron chi connectivity index (χ2n) is 3.88. The number of rotatable bonds is 2. The molecule has 0 amide bonds. The van der Waals surface area contributed by atoms with Crippen LogP contribution in [0, 0.1) is 6.92 Å². The number of ether oxygens (including phenoxy) is 1. The maximum atomic E-state index is 5.81. The standard InChI is InChI=1S/C11H14BrClN2O/c1-8-4-11(14-6-10(8)12)15-2-3-16-9(5-13)7-15/h4,6,9H,2-3,5,7H2,1H3. The molecule has 16 heavy (non-hydrogen) atoms. The summed E-state index contributed by atoms with van der Waals surface area (Å²) in [5.41, 5.74) is 1.19. The molecule has 0 spiro atoms. The van der Waals surface area contributed by atoms with Crippen LogP contribution in [0.1, 0.15) is 5.56 Å². The molecule has 0 bridgehead atoms. The van der Waals surface area contributed by atoms with Gasteiger partial charge in [0.05, 0.1) is 18.6 Å². The van der Waals surface area contributed by atoms with Crippen molar-refractivity contribution in [1.29, 1.82) is 0 Å². The van der Waals surface area contributed by atoms with Crippen LogP contribution in [0.2, 0.25) is 0 Å². The van der Waals surface area contributed by atoms with Crippen LogP contribution in [0.5, 0.6) is 0 Å². The van der Waals surface area contributed by atoms with Crippen molar-refractivity contribution in [2.24, 2.45) is 0 Å². The normalized spacial score (nSPS) is 21.2. The molecule has 1 fully saturated rings. The first-order chi connectivity index (χ1) is 7.70. The van der Waals surface area contributed by atoms with E-state index >= 15 is 0 Å². The number of alkyl halides is 1. The summed E-state index contributed by atoms with van der Waals surface area (Å²) in [5.74, 6) is 1.53. The topological polar surface area (TPSA) is 25.4 Å². The number of aromatic nitrogens is 1. The van der Waals surface area contributed by atoms with E-state index in [1.54, 1.807) is 0 Å². The Morgan fingerprint density at radius 3 is 3.19 bits per heavy atom. The quantitative estimate of drug-likeness (QED) is 0.785. The van der Waals surface area contributed by atoms with Gasteiger partial charge >= 0.3 is 0 Å². The van der Waals surface area contributed by atoms with Gasteiger partial charge in [0, 0.05) is 23.8 Å². The van der Waals surface area contributed by atoms with Crippen molar-refractivity contribution in [3.63, 3.8) is 0 Å². The Bertz CT molecular complexity index is 375. The molecule has 2 heterocycles. The molecule has 1 aliphatic rings. The van der Waals surface area contributed by atoms with Gasteiger partial charge in [0.25, 0.3) is 0 Å². The van der Waals surface area contributed by atoms with Crippen molar-refractivity contribution in [2.45, 2.75) is 13.0 Å². The molecule has 3 nitrogen and oxygen atoms in total. The molecule has 2 rings (SSSR count). The molecule has 0 aliphatic carbocycles. The van der Waals surface area contributed by atoms with Crippen molar-refractivity contribution in [2.75, 3.05) is 30.5 Å². The fourth-order valence-corrected chi connectivity index (χ4v) is 2.12. The first kappa shape index (κ1) is 12.1. The van der Waals surface area contributed by atoms with Gasteiger partial charge in [-0.15, -0.1) is 11.6 Å². The molecule has 1 atom stereocenters. The average molecular weight is 306 g/mol. The van der Waals surface area contributed by atoms with Crippen LogP contribution in [0.15, 0.2) is 16.7 Å². The molecule has 1 unspecified atom stereocenters. The molecule has 0 aromatic carbocycles. The minimum absolute atomic E-state index is 0.112. The average Bonchev–Trinajstić information content (AvgIpc) is 2.33. The number of hydrogen-bond donors (Lipinski definition) is 0. The first-order valence-electron chi connectivity index (χ1n) is 5.25. The maximum Gasteiger partial charge on any atom is 0.128 e. The predicted molar refractivity (Wildman–Crippen MR) is 69.3 cm³/mol. The summed E-state index contributed by atoms with van der Waals surface area (Å²) in [4.78, 5) is 6.63. The minimum atomic E-state index is 0.112. The van der Waals surface area contributed by atoms with Gasteiger partial charge < -0.3 is 9.64 Å². The number of halogens is 2. The lowest BCUT2D eigenvalue weighted by molar-refractivity contribution is 0.0551. The molecular formula is C11H14BrClN2O. The highest BCUT2D eigenvalue weighted by molar-refractivity contribution is 9.10. The largest absolute Gasteiger partial charge is 0.373 e. The van der Waals surface area contributed by atoms with Gasteiger partial charge in [0.2, 0.25) is 0 Å².